The summed E-state index contributed by atoms with van der Waals surface area (Å²) in [6.07, 6.45) is -5.91. The first-order valence-electron chi connectivity index (χ1n) is 4.05. The van der Waals surface area contributed by atoms with Crippen molar-refractivity contribution in [2.45, 2.75) is 45.5 Å². The van der Waals surface area contributed by atoms with E-state index in [9.17, 15) is 18.3 Å². The van der Waals surface area contributed by atoms with E-state index in [0.717, 1.165) is 0 Å². The largest absolute Gasteiger partial charge is 0.403 e. The Morgan fingerprint density at radius 1 is 1.23 bits per heavy atom. The van der Waals surface area contributed by atoms with Crippen molar-refractivity contribution in [2.75, 3.05) is 0 Å². The Balaban J connectivity index is 4.15. The lowest BCUT2D eigenvalue weighted by molar-refractivity contribution is -0.156. The van der Waals surface area contributed by atoms with Crippen molar-refractivity contribution in [1.29, 1.82) is 0 Å². The number of hydrogen-bond acceptors (Lipinski definition) is 2. The van der Waals surface area contributed by atoms with Gasteiger partial charge in [0.15, 0.2) is 0 Å². The number of nitrogens with two attached hydrogens (primary N) is 1. The Morgan fingerprint density at radius 3 is 1.85 bits per heavy atom. The van der Waals surface area contributed by atoms with Crippen LogP contribution in [0, 0.1) is 5.41 Å². The van der Waals surface area contributed by atoms with Gasteiger partial charge in [-0.1, -0.05) is 20.8 Å². The van der Waals surface area contributed by atoms with Crippen LogP contribution in [0.1, 0.15) is 27.2 Å². The van der Waals surface area contributed by atoms with Crippen LogP contribution in [-0.4, -0.2) is 23.4 Å². The fourth-order valence-corrected chi connectivity index (χ4v) is 0.728. The normalized spacial score (nSPS) is 18.5. The Hall–Kier alpha value is -0.290. The molecule has 2 atom stereocenters. The molecule has 0 aliphatic carbocycles. The van der Waals surface area contributed by atoms with Gasteiger partial charge in [0, 0.05) is 0 Å². The van der Waals surface area contributed by atoms with Gasteiger partial charge in [-0.05, 0) is 11.8 Å². The maximum absolute atomic E-state index is 12.0. The van der Waals surface area contributed by atoms with Gasteiger partial charge in [0.2, 0.25) is 0 Å². The van der Waals surface area contributed by atoms with E-state index < -0.39 is 30.2 Å². The Labute approximate surface area is 75.9 Å². The topological polar surface area (TPSA) is 46.2 Å². The number of aliphatic hydroxyl groups is 1. The molecular formula is C8H16F3NO. The molecule has 0 fully saturated rings. The SMILES string of the molecule is CC(C)(C)C(O)CC(N)C(F)(F)F. The minimum Gasteiger partial charge on any atom is -0.393 e. The van der Waals surface area contributed by atoms with Crippen LogP contribution in [-0.2, 0) is 0 Å². The van der Waals surface area contributed by atoms with E-state index in [-0.39, 0.29) is 0 Å². The average molecular weight is 199 g/mol. The Morgan fingerprint density at radius 2 is 1.62 bits per heavy atom. The van der Waals surface area contributed by atoms with Gasteiger partial charge in [0.05, 0.1) is 6.10 Å². The van der Waals surface area contributed by atoms with Crippen molar-refractivity contribution in [2.24, 2.45) is 11.1 Å². The molecule has 2 nitrogen and oxygen atoms in total. The second-order valence-corrected chi connectivity index (χ2v) is 4.27. The number of hydrogen-bond donors (Lipinski definition) is 2. The summed E-state index contributed by atoms with van der Waals surface area (Å²) in [6, 6.07) is -1.94. The van der Waals surface area contributed by atoms with E-state index in [1.54, 1.807) is 20.8 Å². The lowest BCUT2D eigenvalue weighted by atomic mass is 9.85. The zero-order valence-corrected chi connectivity index (χ0v) is 8.02. The van der Waals surface area contributed by atoms with E-state index in [1.165, 1.54) is 0 Å². The highest BCUT2D eigenvalue weighted by Gasteiger charge is 2.39. The van der Waals surface area contributed by atoms with Gasteiger partial charge in [0.1, 0.15) is 6.04 Å². The van der Waals surface area contributed by atoms with E-state index in [4.69, 9.17) is 5.73 Å². The molecule has 0 radical (unpaired) electrons. The lowest BCUT2D eigenvalue weighted by Crippen LogP contribution is -2.43. The van der Waals surface area contributed by atoms with E-state index in [1.807, 2.05) is 0 Å². The summed E-state index contributed by atoms with van der Waals surface area (Å²) >= 11 is 0. The van der Waals surface area contributed by atoms with Crippen molar-refractivity contribution in [3.05, 3.63) is 0 Å². The maximum atomic E-state index is 12.0. The van der Waals surface area contributed by atoms with E-state index in [2.05, 4.69) is 0 Å². The van der Waals surface area contributed by atoms with Crippen molar-refractivity contribution in [3.8, 4) is 0 Å². The molecule has 5 heteroatoms. The van der Waals surface area contributed by atoms with Gasteiger partial charge in [-0.25, -0.2) is 0 Å². The summed E-state index contributed by atoms with van der Waals surface area (Å²) in [7, 11) is 0. The van der Waals surface area contributed by atoms with Crippen molar-refractivity contribution in [1.82, 2.24) is 0 Å². The van der Waals surface area contributed by atoms with Gasteiger partial charge >= 0.3 is 6.18 Å². The van der Waals surface area contributed by atoms with Crippen molar-refractivity contribution in [3.63, 3.8) is 0 Å². The van der Waals surface area contributed by atoms with Gasteiger partial charge in [0.25, 0.3) is 0 Å². The summed E-state index contributed by atoms with van der Waals surface area (Å²) in [6.45, 7) is 5.00. The van der Waals surface area contributed by atoms with Crippen LogP contribution in [0.15, 0.2) is 0 Å². The molecule has 0 saturated heterocycles. The number of rotatable bonds is 2. The molecule has 0 aromatic heterocycles. The summed E-state index contributed by atoms with van der Waals surface area (Å²) in [4.78, 5) is 0. The van der Waals surface area contributed by atoms with Gasteiger partial charge in [-0.2, -0.15) is 13.2 Å². The van der Waals surface area contributed by atoms with Crippen LogP contribution in [0.25, 0.3) is 0 Å². The first-order valence-corrected chi connectivity index (χ1v) is 4.05. The van der Waals surface area contributed by atoms with Crippen LogP contribution >= 0.6 is 0 Å². The third-order valence-corrected chi connectivity index (χ3v) is 1.90. The standard InChI is InChI=1S/C8H16F3NO/c1-7(2,3)6(13)4-5(12)8(9,10)11/h5-6,13H,4,12H2,1-3H3. The van der Waals surface area contributed by atoms with Crippen molar-refractivity contribution < 1.29 is 18.3 Å². The molecule has 0 rings (SSSR count). The number of halogens is 3. The third kappa shape index (κ3) is 4.47. The molecule has 0 bridgehead atoms. The van der Waals surface area contributed by atoms with Gasteiger partial charge < -0.3 is 10.8 Å². The zero-order chi connectivity index (χ0) is 10.9. The molecule has 0 heterocycles. The van der Waals surface area contributed by atoms with Crippen LogP contribution in [0.2, 0.25) is 0 Å². The third-order valence-electron chi connectivity index (χ3n) is 1.90. The molecule has 2 unspecified atom stereocenters. The molecule has 0 amide bonds. The van der Waals surface area contributed by atoms with E-state index in [0.29, 0.717) is 0 Å². The minimum atomic E-state index is -4.42. The summed E-state index contributed by atoms with van der Waals surface area (Å²) in [5.74, 6) is 0. The van der Waals surface area contributed by atoms with Gasteiger partial charge in [-0.15, -0.1) is 0 Å². The number of aliphatic hydroxyl groups excluding tert-OH is 1. The fraction of sp³-hybridized carbons (Fsp3) is 1.00. The van der Waals surface area contributed by atoms with Crippen LogP contribution in [0.3, 0.4) is 0 Å². The second kappa shape index (κ2) is 3.84. The lowest BCUT2D eigenvalue weighted by Gasteiger charge is -2.28. The molecule has 0 aromatic carbocycles. The molecule has 0 saturated carbocycles. The fourth-order valence-electron chi connectivity index (χ4n) is 0.728. The molecule has 13 heavy (non-hydrogen) atoms. The summed E-state index contributed by atoms with van der Waals surface area (Å²) < 4.78 is 35.9. The Bertz CT molecular complexity index is 144. The minimum absolute atomic E-state index is 0.451. The predicted octanol–water partition coefficient (Wildman–Crippen LogP) is 1.67. The monoisotopic (exact) mass is 199 g/mol. The highest BCUT2D eigenvalue weighted by Crippen LogP contribution is 2.27. The first-order chi connectivity index (χ1) is 5.55. The van der Waals surface area contributed by atoms with Crippen LogP contribution < -0.4 is 5.73 Å². The number of alkyl halides is 3. The second-order valence-electron chi connectivity index (χ2n) is 4.27. The van der Waals surface area contributed by atoms with E-state index >= 15 is 0 Å². The molecule has 0 aliphatic heterocycles. The Kier molecular flexibility index (Phi) is 3.75. The molecule has 0 spiro atoms. The maximum Gasteiger partial charge on any atom is 0.403 e. The predicted molar refractivity (Wildman–Crippen MR) is 44.1 cm³/mol. The summed E-state index contributed by atoms with van der Waals surface area (Å²) in [5.41, 5.74) is 4.30. The summed E-state index contributed by atoms with van der Waals surface area (Å²) in [5, 5.41) is 9.34. The average Bonchev–Trinajstić information content (AvgIpc) is 1.82. The molecule has 0 aliphatic rings. The quantitative estimate of drug-likeness (QED) is 0.710. The van der Waals surface area contributed by atoms with Crippen molar-refractivity contribution >= 4 is 0 Å². The highest BCUT2D eigenvalue weighted by molar-refractivity contribution is 4.80. The van der Waals surface area contributed by atoms with Crippen LogP contribution in [0.5, 0.6) is 0 Å². The smallest absolute Gasteiger partial charge is 0.393 e. The highest BCUT2D eigenvalue weighted by atomic mass is 19.4. The molecular weight excluding hydrogens is 183 g/mol. The molecule has 0 aromatic rings. The molecule has 80 valence electrons. The van der Waals surface area contributed by atoms with Crippen LogP contribution in [0.4, 0.5) is 13.2 Å². The first kappa shape index (κ1) is 12.7. The zero-order valence-electron chi connectivity index (χ0n) is 8.02. The van der Waals surface area contributed by atoms with Gasteiger partial charge in [-0.3, -0.25) is 0 Å². The molecule has 3 N–H and O–H groups in total.